The van der Waals surface area contributed by atoms with Gasteiger partial charge in [-0.2, -0.15) is 0 Å². The van der Waals surface area contributed by atoms with Gasteiger partial charge in [0.2, 0.25) is 0 Å². The number of carbonyl (C=O) groups is 1. The molecular weight excluding hydrogens is 358 g/mol. The van der Waals surface area contributed by atoms with E-state index in [0.717, 1.165) is 5.52 Å². The number of nitro groups is 1. The minimum Gasteiger partial charge on any atom is -0.355 e. The van der Waals surface area contributed by atoms with Gasteiger partial charge in [0.05, 0.1) is 21.5 Å². The first-order valence-corrected chi connectivity index (χ1v) is 8.75. The first-order valence-electron chi connectivity index (χ1n) is 8.75. The number of likely N-dealkylation sites (N-methyl/N-ethyl adjacent to an activating group) is 1. The van der Waals surface area contributed by atoms with Crippen LogP contribution in [0.3, 0.4) is 0 Å². The van der Waals surface area contributed by atoms with Crippen molar-refractivity contribution < 1.29 is 9.72 Å². The van der Waals surface area contributed by atoms with Gasteiger partial charge in [-0.15, -0.1) is 0 Å². The summed E-state index contributed by atoms with van der Waals surface area (Å²) in [5.41, 5.74) is 1.80. The molecule has 140 valence electrons. The Labute approximate surface area is 160 Å². The Morgan fingerprint density at radius 3 is 2.39 bits per heavy atom. The molecule has 1 amide bonds. The van der Waals surface area contributed by atoms with E-state index in [1.165, 1.54) is 18.2 Å². The Bertz CT molecular complexity index is 1110. The van der Waals surface area contributed by atoms with E-state index < -0.39 is 4.92 Å². The summed E-state index contributed by atoms with van der Waals surface area (Å²) in [4.78, 5) is 36.3. The molecule has 1 aliphatic heterocycles. The van der Waals surface area contributed by atoms with Crippen molar-refractivity contribution in [3.63, 3.8) is 0 Å². The molecule has 0 unspecified atom stereocenters. The van der Waals surface area contributed by atoms with Gasteiger partial charge in [0, 0.05) is 32.3 Å². The van der Waals surface area contributed by atoms with Gasteiger partial charge in [-0.1, -0.05) is 24.3 Å². The van der Waals surface area contributed by atoms with Crippen LogP contribution in [-0.4, -0.2) is 40.9 Å². The summed E-state index contributed by atoms with van der Waals surface area (Å²) in [5.74, 6) is 0.833. The number of anilines is 2. The van der Waals surface area contributed by atoms with Crippen molar-refractivity contribution in [3.05, 3.63) is 70.3 Å². The van der Waals surface area contributed by atoms with Crippen molar-refractivity contribution in [2.45, 2.75) is 0 Å². The third kappa shape index (κ3) is 3.16. The highest BCUT2D eigenvalue weighted by molar-refractivity contribution is 6.06. The summed E-state index contributed by atoms with van der Waals surface area (Å²) in [6.45, 7) is 1.07. The lowest BCUT2D eigenvalue weighted by Crippen LogP contribution is -2.43. The predicted octanol–water partition coefficient (Wildman–Crippen LogP) is 3.03. The maximum absolute atomic E-state index is 12.8. The topological polar surface area (TPSA) is 92.5 Å². The summed E-state index contributed by atoms with van der Waals surface area (Å²) in [5, 5.41) is 11.1. The molecule has 0 saturated carbocycles. The lowest BCUT2D eigenvalue weighted by Gasteiger charge is -2.33. The Hall–Kier alpha value is -3.81. The zero-order chi connectivity index (χ0) is 19.7. The summed E-state index contributed by atoms with van der Waals surface area (Å²) in [6.07, 6.45) is 2.81. The lowest BCUT2D eigenvalue weighted by atomic mass is 10.1. The van der Waals surface area contributed by atoms with E-state index in [0.29, 0.717) is 35.8 Å². The van der Waals surface area contributed by atoms with Gasteiger partial charge in [0.25, 0.3) is 11.6 Å². The molecule has 0 saturated heterocycles. The fourth-order valence-corrected chi connectivity index (χ4v) is 3.14. The van der Waals surface area contributed by atoms with Crippen LogP contribution in [0.1, 0.15) is 5.56 Å². The molecule has 8 heteroatoms. The lowest BCUT2D eigenvalue weighted by molar-refractivity contribution is -0.385. The van der Waals surface area contributed by atoms with Crippen LogP contribution in [0.25, 0.3) is 17.1 Å². The number of hydrogen-bond acceptors (Lipinski definition) is 6. The number of nitrogens with zero attached hydrogens (tertiary/aromatic N) is 5. The third-order valence-electron chi connectivity index (χ3n) is 4.62. The fraction of sp³-hybridized carbons (Fsp3) is 0.150. The molecule has 0 spiro atoms. The minimum atomic E-state index is -0.465. The molecule has 0 atom stereocenters. The Morgan fingerprint density at radius 1 is 1.04 bits per heavy atom. The Balaban J connectivity index is 1.69. The average Bonchev–Trinajstić information content (AvgIpc) is 2.71. The van der Waals surface area contributed by atoms with Crippen LogP contribution in [0.4, 0.5) is 17.3 Å². The van der Waals surface area contributed by atoms with Crippen LogP contribution in [0.2, 0.25) is 0 Å². The summed E-state index contributed by atoms with van der Waals surface area (Å²) in [7, 11) is 1.91. The van der Waals surface area contributed by atoms with E-state index in [1.807, 2.05) is 36.2 Å². The second-order valence-electron chi connectivity index (χ2n) is 6.42. The molecule has 3 aromatic rings. The van der Waals surface area contributed by atoms with E-state index in [2.05, 4.69) is 9.97 Å². The number of fused-ring (bicyclic) bond motifs is 2. The highest BCUT2D eigenvalue weighted by Gasteiger charge is 2.27. The fourth-order valence-electron chi connectivity index (χ4n) is 3.14. The molecular formula is C20H17N5O3. The van der Waals surface area contributed by atoms with Gasteiger partial charge in [-0.3, -0.25) is 19.8 Å². The number of benzene rings is 2. The molecule has 4 rings (SSSR count). The van der Waals surface area contributed by atoms with Crippen LogP contribution in [-0.2, 0) is 4.79 Å². The highest BCUT2D eigenvalue weighted by atomic mass is 16.6. The maximum Gasteiger partial charge on any atom is 0.276 e. The first-order chi connectivity index (χ1) is 13.5. The summed E-state index contributed by atoms with van der Waals surface area (Å²) in [6, 6.07) is 13.8. The van der Waals surface area contributed by atoms with E-state index in [-0.39, 0.29) is 11.6 Å². The monoisotopic (exact) mass is 375 g/mol. The first kappa shape index (κ1) is 17.6. The quantitative estimate of drug-likeness (QED) is 0.397. The van der Waals surface area contributed by atoms with E-state index in [4.69, 9.17) is 0 Å². The van der Waals surface area contributed by atoms with Crippen molar-refractivity contribution in [1.29, 1.82) is 0 Å². The standard InChI is InChI=1S/C20H17N5O3/c1-23-12-13-24(20-19(23)21-15-7-3-4-8-16(15)22-20)18(26)11-10-14-6-2-5-9-17(14)25(27)28/h2-11H,12-13H2,1H3. The Morgan fingerprint density at radius 2 is 1.68 bits per heavy atom. The summed E-state index contributed by atoms with van der Waals surface area (Å²) < 4.78 is 0. The van der Waals surface area contributed by atoms with Crippen molar-refractivity contribution >= 4 is 40.3 Å². The molecule has 1 aromatic heterocycles. The average molecular weight is 375 g/mol. The number of carbonyl (C=O) groups excluding carboxylic acids is 1. The molecule has 2 aromatic carbocycles. The molecule has 1 aliphatic rings. The van der Waals surface area contributed by atoms with Gasteiger partial charge in [-0.05, 0) is 24.3 Å². The Kier molecular flexibility index (Phi) is 4.44. The van der Waals surface area contributed by atoms with Crippen molar-refractivity contribution in [3.8, 4) is 0 Å². The SMILES string of the molecule is CN1CCN(C(=O)C=Cc2ccccc2[N+](=O)[O-])c2nc3ccccc3nc21. The van der Waals surface area contributed by atoms with Crippen molar-refractivity contribution in [2.75, 3.05) is 29.9 Å². The van der Waals surface area contributed by atoms with Gasteiger partial charge in [0.1, 0.15) is 0 Å². The normalized spacial score (nSPS) is 13.8. The van der Waals surface area contributed by atoms with Crippen LogP contribution in [0, 0.1) is 10.1 Å². The highest BCUT2D eigenvalue weighted by Crippen LogP contribution is 2.31. The minimum absolute atomic E-state index is 0.0453. The smallest absolute Gasteiger partial charge is 0.276 e. The van der Waals surface area contributed by atoms with Crippen LogP contribution < -0.4 is 9.80 Å². The van der Waals surface area contributed by atoms with Crippen LogP contribution >= 0.6 is 0 Å². The molecule has 0 aliphatic carbocycles. The zero-order valence-corrected chi connectivity index (χ0v) is 15.1. The number of nitro benzene ring substituents is 1. The molecule has 2 heterocycles. The molecule has 0 bridgehead atoms. The van der Waals surface area contributed by atoms with Crippen molar-refractivity contribution in [1.82, 2.24) is 9.97 Å². The number of hydrogen-bond donors (Lipinski definition) is 0. The third-order valence-corrected chi connectivity index (χ3v) is 4.62. The van der Waals surface area contributed by atoms with E-state index in [1.54, 1.807) is 23.1 Å². The molecule has 0 radical (unpaired) electrons. The maximum atomic E-state index is 12.8. The van der Waals surface area contributed by atoms with Gasteiger partial charge < -0.3 is 4.90 Å². The van der Waals surface area contributed by atoms with Gasteiger partial charge in [0.15, 0.2) is 11.6 Å². The summed E-state index contributed by atoms with van der Waals surface area (Å²) >= 11 is 0. The number of para-hydroxylation sites is 3. The number of amides is 1. The van der Waals surface area contributed by atoms with E-state index in [9.17, 15) is 14.9 Å². The van der Waals surface area contributed by atoms with Gasteiger partial charge >= 0.3 is 0 Å². The molecule has 8 nitrogen and oxygen atoms in total. The predicted molar refractivity (Wildman–Crippen MR) is 107 cm³/mol. The van der Waals surface area contributed by atoms with Crippen LogP contribution in [0.5, 0.6) is 0 Å². The largest absolute Gasteiger partial charge is 0.355 e. The molecule has 28 heavy (non-hydrogen) atoms. The van der Waals surface area contributed by atoms with Crippen molar-refractivity contribution in [2.24, 2.45) is 0 Å². The second-order valence-corrected chi connectivity index (χ2v) is 6.42. The number of rotatable bonds is 3. The van der Waals surface area contributed by atoms with Gasteiger partial charge in [-0.25, -0.2) is 9.97 Å². The van der Waals surface area contributed by atoms with E-state index >= 15 is 0 Å². The number of aromatic nitrogens is 2. The second kappa shape index (κ2) is 7.07. The molecule has 0 N–H and O–H groups in total. The van der Waals surface area contributed by atoms with Crippen LogP contribution in [0.15, 0.2) is 54.6 Å². The zero-order valence-electron chi connectivity index (χ0n) is 15.1. The molecule has 0 fully saturated rings.